The van der Waals surface area contributed by atoms with Crippen molar-refractivity contribution in [1.29, 1.82) is 0 Å². The number of hydrogen-bond donors (Lipinski definition) is 3. The Hall–Kier alpha value is -4.33. The number of carboxylic acids is 1. The number of rotatable bonds is 7. The Kier molecular flexibility index (Phi) is 9.63. The number of nitrogens with one attached hydrogen (secondary N) is 1. The van der Waals surface area contributed by atoms with E-state index in [2.05, 4.69) is 10.2 Å². The van der Waals surface area contributed by atoms with Crippen molar-refractivity contribution < 1.29 is 27.9 Å². The van der Waals surface area contributed by atoms with Crippen molar-refractivity contribution in [1.82, 2.24) is 24.3 Å². The number of alkyl halides is 3. The van der Waals surface area contributed by atoms with Crippen molar-refractivity contribution >= 4 is 46.0 Å². The first kappa shape index (κ1) is 35.1. The smallest absolute Gasteiger partial charge is 0.418 e. The Morgan fingerprint density at radius 1 is 0.980 bits per heavy atom. The molecule has 2 saturated heterocycles. The number of likely N-dealkylation sites (tertiary alicyclic amines) is 2. The van der Waals surface area contributed by atoms with Gasteiger partial charge >= 0.3 is 18.2 Å². The molecular weight excluding hydrogens is 683 g/mol. The highest BCUT2D eigenvalue weighted by Gasteiger charge is 2.44. The highest BCUT2D eigenvalue weighted by atomic mass is 35.5. The predicted octanol–water partition coefficient (Wildman–Crippen LogP) is 7.02. The molecule has 1 aromatic heterocycles. The van der Waals surface area contributed by atoms with Gasteiger partial charge in [0.2, 0.25) is 0 Å². The molecule has 0 aliphatic carbocycles. The lowest BCUT2D eigenvalue weighted by Crippen LogP contribution is -2.50. The molecule has 0 radical (unpaired) electrons. The van der Waals surface area contributed by atoms with Gasteiger partial charge in [0.25, 0.3) is 0 Å². The maximum Gasteiger partial charge on any atom is 0.418 e. The lowest BCUT2D eigenvalue weighted by Gasteiger charge is -2.43. The summed E-state index contributed by atoms with van der Waals surface area (Å²) in [6.45, 7) is 2.78. The molecular formula is C37H41ClF3N7O3. The topological polar surface area (TPSA) is 120 Å². The summed E-state index contributed by atoms with van der Waals surface area (Å²) in [7, 11) is 2.04. The maximum absolute atomic E-state index is 14.4. The summed E-state index contributed by atoms with van der Waals surface area (Å²) in [5.74, 6) is -2.28. The summed E-state index contributed by atoms with van der Waals surface area (Å²) in [4.78, 5) is 37.9. The average molecular weight is 724 g/mol. The third-order valence-corrected chi connectivity index (χ3v) is 11.1. The van der Waals surface area contributed by atoms with Crippen LogP contribution in [-0.4, -0.2) is 87.2 Å². The number of aromatic nitrogens is 2. The molecule has 4 heterocycles. The molecule has 3 aliphatic rings. The van der Waals surface area contributed by atoms with Crippen molar-refractivity contribution in [3.8, 4) is 0 Å². The summed E-state index contributed by atoms with van der Waals surface area (Å²) >= 11 is 6.40. The Morgan fingerprint density at radius 2 is 1.65 bits per heavy atom. The van der Waals surface area contributed by atoms with Crippen LogP contribution in [0.4, 0.5) is 29.3 Å². The van der Waals surface area contributed by atoms with Gasteiger partial charge in [-0.1, -0.05) is 41.9 Å². The number of urea groups is 1. The van der Waals surface area contributed by atoms with Crippen LogP contribution in [0.15, 0.2) is 60.7 Å². The number of carbonyl (C=O) groups excluding carboxylic acids is 1. The highest BCUT2D eigenvalue weighted by Crippen LogP contribution is 2.45. The molecule has 2 fully saturated rings. The van der Waals surface area contributed by atoms with E-state index < -0.39 is 35.4 Å². The Morgan fingerprint density at radius 3 is 2.35 bits per heavy atom. The fraction of sp³-hybridized carbons (Fsp3) is 0.432. The van der Waals surface area contributed by atoms with Gasteiger partial charge in [-0.25, -0.2) is 9.78 Å². The van der Waals surface area contributed by atoms with Crippen molar-refractivity contribution in [2.75, 3.05) is 50.8 Å². The van der Waals surface area contributed by atoms with Crippen LogP contribution in [0.1, 0.15) is 66.2 Å². The second-order valence-electron chi connectivity index (χ2n) is 13.9. The van der Waals surface area contributed by atoms with E-state index in [-0.39, 0.29) is 34.5 Å². The number of fused-ring (bicyclic) bond motifs is 2. The molecule has 0 saturated carbocycles. The van der Waals surface area contributed by atoms with E-state index in [4.69, 9.17) is 22.3 Å². The van der Waals surface area contributed by atoms with E-state index in [1.807, 2.05) is 69.9 Å². The van der Waals surface area contributed by atoms with Crippen LogP contribution in [-0.2, 0) is 17.4 Å². The van der Waals surface area contributed by atoms with Crippen LogP contribution in [0.5, 0.6) is 0 Å². The van der Waals surface area contributed by atoms with Crippen molar-refractivity contribution in [3.05, 3.63) is 88.2 Å². The third-order valence-electron chi connectivity index (χ3n) is 10.8. The Balaban J connectivity index is 1.29. The number of carboxylic acid groups (broad SMARTS) is 1. The number of hydrogen-bond acceptors (Lipinski definition) is 6. The van der Waals surface area contributed by atoms with E-state index in [1.165, 1.54) is 6.07 Å². The Labute approximate surface area is 299 Å². The summed E-state index contributed by atoms with van der Waals surface area (Å²) in [6, 6.07) is 16.0. The van der Waals surface area contributed by atoms with Gasteiger partial charge in [0.15, 0.2) is 0 Å². The zero-order valence-electron chi connectivity index (χ0n) is 28.2. The van der Waals surface area contributed by atoms with Gasteiger partial charge < -0.3 is 30.5 Å². The fourth-order valence-corrected chi connectivity index (χ4v) is 8.41. The number of aliphatic carboxylic acids is 1. The molecule has 3 aromatic carbocycles. The van der Waals surface area contributed by atoms with Gasteiger partial charge in [0, 0.05) is 37.4 Å². The maximum atomic E-state index is 14.4. The van der Waals surface area contributed by atoms with Gasteiger partial charge in [0.1, 0.15) is 11.7 Å². The zero-order valence-corrected chi connectivity index (χ0v) is 29.0. The molecule has 2 amide bonds. The fourth-order valence-electron chi connectivity index (χ4n) is 8.18. The van der Waals surface area contributed by atoms with Gasteiger partial charge in [0.05, 0.1) is 33.3 Å². The minimum absolute atomic E-state index is 0.0525. The summed E-state index contributed by atoms with van der Waals surface area (Å²) < 4.78 is 45.1. The lowest BCUT2D eigenvalue weighted by molar-refractivity contribution is -0.141. The van der Waals surface area contributed by atoms with Crippen LogP contribution in [0.25, 0.3) is 11.0 Å². The molecule has 10 nitrogen and oxygen atoms in total. The number of benzene rings is 3. The standard InChI is InChI=1S/C37H41ClF3N7O3/c1-45-15-11-25(12-16-45)48-30-9-5-4-8-29(30)43-34(48)31(35(49)50)33(23-20-26(37(39,40)41)32(42)27(38)21-23)46-17-13-24(14-18-46)47-19-10-22-6-2-3-7-28(22)44-36(47)51/h2-9,20-21,24-25,31,33H,10-19,42H2,1H3,(H,44,51)(H,49,50). The molecule has 51 heavy (non-hydrogen) atoms. The first-order valence-corrected chi connectivity index (χ1v) is 17.7. The number of nitrogens with two attached hydrogens (primary N) is 1. The predicted molar refractivity (Wildman–Crippen MR) is 190 cm³/mol. The molecule has 14 heteroatoms. The van der Waals surface area contributed by atoms with Crippen LogP contribution in [0.2, 0.25) is 5.02 Å². The molecule has 3 aliphatic heterocycles. The van der Waals surface area contributed by atoms with E-state index in [1.54, 1.807) is 0 Å². The molecule has 7 rings (SSSR count). The van der Waals surface area contributed by atoms with Crippen LogP contribution in [0.3, 0.4) is 0 Å². The molecule has 2 atom stereocenters. The summed E-state index contributed by atoms with van der Waals surface area (Å²) in [6.07, 6.45) is -1.63. The van der Waals surface area contributed by atoms with Crippen LogP contribution >= 0.6 is 11.6 Å². The molecule has 0 spiro atoms. The number of nitrogen functional groups attached to an aromatic ring is 1. The summed E-state index contributed by atoms with van der Waals surface area (Å²) in [5.41, 5.74) is 7.46. The number of amides is 2. The number of para-hydroxylation sites is 3. The van der Waals surface area contributed by atoms with Crippen LogP contribution < -0.4 is 11.1 Å². The minimum Gasteiger partial charge on any atom is -0.481 e. The van der Waals surface area contributed by atoms with Gasteiger partial charge in [-0.3, -0.25) is 9.69 Å². The van der Waals surface area contributed by atoms with E-state index in [0.29, 0.717) is 44.4 Å². The molecule has 4 N–H and O–H groups in total. The second kappa shape index (κ2) is 14.0. The van der Waals surface area contributed by atoms with E-state index in [9.17, 15) is 27.9 Å². The molecule has 270 valence electrons. The zero-order chi connectivity index (χ0) is 36.0. The number of nitrogens with zero attached hydrogens (tertiary/aromatic N) is 5. The normalized spacial score (nSPS) is 19.8. The third kappa shape index (κ3) is 6.86. The van der Waals surface area contributed by atoms with Gasteiger partial charge in [-0.05, 0) is 93.7 Å². The minimum atomic E-state index is -4.82. The number of anilines is 2. The van der Waals surface area contributed by atoms with E-state index in [0.717, 1.165) is 48.8 Å². The largest absolute Gasteiger partial charge is 0.481 e. The SMILES string of the molecule is CN1CCC(n2c(C(C(=O)O)C(c3cc(Cl)c(N)c(C(F)(F)F)c3)N3CCC(N4CCc5ccccc5NC4=O)CC3)nc3ccccc32)CC1. The lowest BCUT2D eigenvalue weighted by atomic mass is 9.87. The molecule has 0 bridgehead atoms. The number of carbonyl (C=O) groups is 2. The molecule has 4 aromatic rings. The summed E-state index contributed by atoms with van der Waals surface area (Å²) in [5, 5.41) is 13.8. The van der Waals surface area contributed by atoms with Crippen LogP contribution in [0, 0.1) is 0 Å². The quantitative estimate of drug-likeness (QED) is 0.175. The Bertz CT molecular complexity index is 1940. The first-order chi connectivity index (χ1) is 24.4. The first-order valence-electron chi connectivity index (χ1n) is 17.3. The number of halogens is 4. The second-order valence-corrected chi connectivity index (χ2v) is 14.3. The van der Waals surface area contributed by atoms with Gasteiger partial charge in [-0.15, -0.1) is 0 Å². The average Bonchev–Trinajstić information content (AvgIpc) is 3.38. The number of piperidine rings is 2. The highest BCUT2D eigenvalue weighted by molar-refractivity contribution is 6.33. The van der Waals surface area contributed by atoms with E-state index >= 15 is 0 Å². The van der Waals surface area contributed by atoms with Crippen molar-refractivity contribution in [3.63, 3.8) is 0 Å². The van der Waals surface area contributed by atoms with Crippen molar-refractivity contribution in [2.45, 2.75) is 62.3 Å². The molecule has 2 unspecified atom stereocenters. The number of imidazole rings is 1. The van der Waals surface area contributed by atoms with Gasteiger partial charge in [-0.2, -0.15) is 13.2 Å². The van der Waals surface area contributed by atoms with Crippen molar-refractivity contribution in [2.24, 2.45) is 0 Å². The monoisotopic (exact) mass is 723 g/mol.